The summed E-state index contributed by atoms with van der Waals surface area (Å²) in [5.74, 6) is -0.201. The maximum absolute atomic E-state index is 10.4. The minimum atomic E-state index is -0.201. The number of rotatable bonds is 8. The van der Waals surface area contributed by atoms with E-state index >= 15 is 0 Å². The van der Waals surface area contributed by atoms with Crippen molar-refractivity contribution in [1.82, 2.24) is 0 Å². The van der Waals surface area contributed by atoms with E-state index in [1.807, 2.05) is 6.08 Å². The Morgan fingerprint density at radius 2 is 1.93 bits per heavy atom. The third kappa shape index (κ3) is 11.2. The number of aliphatic hydroxyl groups is 1. The summed E-state index contributed by atoms with van der Waals surface area (Å²) in [4.78, 5) is 10.4. The Bertz CT molecular complexity index is 164. The average Bonchev–Trinajstić information content (AvgIpc) is 2.15. The molecule has 0 aliphatic carbocycles. The summed E-state index contributed by atoms with van der Waals surface area (Å²) in [6.45, 7) is 2.19. The van der Waals surface area contributed by atoms with Gasteiger partial charge in [0.25, 0.3) is 0 Å². The molecule has 0 aromatic rings. The average molecular weight is 200 g/mol. The number of allylic oxidation sites excluding steroid dienone is 1. The molecule has 0 aromatic carbocycles. The summed E-state index contributed by atoms with van der Waals surface area (Å²) in [6, 6.07) is 0. The van der Waals surface area contributed by atoms with Gasteiger partial charge in [0.05, 0.1) is 6.61 Å². The number of carbonyl (C=O) groups is 1. The number of esters is 1. The van der Waals surface area contributed by atoms with Crippen LogP contribution in [0.25, 0.3) is 0 Å². The van der Waals surface area contributed by atoms with Crippen LogP contribution in [0.5, 0.6) is 0 Å². The summed E-state index contributed by atoms with van der Waals surface area (Å²) in [6.07, 6.45) is 9.00. The fraction of sp³-hybridized carbons (Fsp3) is 0.727. The highest BCUT2D eigenvalue weighted by Crippen LogP contribution is 2.01. The van der Waals surface area contributed by atoms with E-state index in [1.165, 1.54) is 6.92 Å². The Morgan fingerprint density at radius 3 is 2.57 bits per heavy atom. The molecule has 0 saturated heterocycles. The number of aliphatic hydroxyl groups excluding tert-OH is 1. The van der Waals surface area contributed by atoms with Crippen molar-refractivity contribution >= 4 is 5.97 Å². The topological polar surface area (TPSA) is 46.5 Å². The van der Waals surface area contributed by atoms with Crippen molar-refractivity contribution in [2.45, 2.75) is 39.0 Å². The van der Waals surface area contributed by atoms with Crippen LogP contribution in [-0.2, 0) is 9.53 Å². The van der Waals surface area contributed by atoms with Crippen molar-refractivity contribution < 1.29 is 14.6 Å². The molecule has 3 heteroatoms. The van der Waals surface area contributed by atoms with Gasteiger partial charge in [-0.3, -0.25) is 4.79 Å². The standard InChI is InChI=1S/C11H20O3/c1-11(13)14-10-8-6-4-2-3-5-7-9-12/h3,5,12H,2,4,6-10H2,1H3/b5-3+. The fourth-order valence-corrected chi connectivity index (χ4v) is 1.07. The summed E-state index contributed by atoms with van der Waals surface area (Å²) in [5, 5.41) is 8.49. The molecule has 1 N–H and O–H groups in total. The van der Waals surface area contributed by atoms with Gasteiger partial charge in [0.1, 0.15) is 0 Å². The van der Waals surface area contributed by atoms with Gasteiger partial charge >= 0.3 is 5.97 Å². The van der Waals surface area contributed by atoms with Gasteiger partial charge in [0.15, 0.2) is 0 Å². The first-order valence-corrected chi connectivity index (χ1v) is 5.16. The molecule has 82 valence electrons. The van der Waals surface area contributed by atoms with E-state index in [2.05, 4.69) is 6.08 Å². The smallest absolute Gasteiger partial charge is 0.302 e. The summed E-state index contributed by atoms with van der Waals surface area (Å²) >= 11 is 0. The Hall–Kier alpha value is -0.830. The van der Waals surface area contributed by atoms with Crippen LogP contribution >= 0.6 is 0 Å². The molecule has 0 rings (SSSR count). The van der Waals surface area contributed by atoms with Crippen molar-refractivity contribution in [1.29, 1.82) is 0 Å². The molecule has 0 amide bonds. The molecule has 0 heterocycles. The van der Waals surface area contributed by atoms with Gasteiger partial charge in [-0.25, -0.2) is 0 Å². The van der Waals surface area contributed by atoms with Crippen molar-refractivity contribution in [2.24, 2.45) is 0 Å². The lowest BCUT2D eigenvalue weighted by molar-refractivity contribution is -0.141. The van der Waals surface area contributed by atoms with Gasteiger partial charge in [-0.15, -0.1) is 0 Å². The molecule has 0 fully saturated rings. The highest BCUT2D eigenvalue weighted by molar-refractivity contribution is 5.65. The van der Waals surface area contributed by atoms with Gasteiger partial charge < -0.3 is 9.84 Å². The normalized spacial score (nSPS) is 10.7. The van der Waals surface area contributed by atoms with Gasteiger partial charge in [0.2, 0.25) is 0 Å². The number of ether oxygens (including phenoxy) is 1. The molecule has 0 aliphatic heterocycles. The Balaban J connectivity index is 3.02. The van der Waals surface area contributed by atoms with Crippen LogP contribution in [0.1, 0.15) is 39.0 Å². The van der Waals surface area contributed by atoms with Gasteiger partial charge in [0, 0.05) is 13.5 Å². The first-order valence-electron chi connectivity index (χ1n) is 5.16. The number of carbonyl (C=O) groups excluding carboxylic acids is 1. The molecule has 3 nitrogen and oxygen atoms in total. The molecule has 0 unspecified atom stereocenters. The SMILES string of the molecule is CC(=O)OCCCCC/C=C/CCO. The number of unbranched alkanes of at least 4 members (excludes halogenated alkanes) is 3. The maximum Gasteiger partial charge on any atom is 0.302 e. The largest absolute Gasteiger partial charge is 0.466 e. The van der Waals surface area contributed by atoms with Crippen LogP contribution in [0.15, 0.2) is 12.2 Å². The van der Waals surface area contributed by atoms with Crippen LogP contribution < -0.4 is 0 Å². The zero-order valence-corrected chi connectivity index (χ0v) is 8.87. The second-order valence-electron chi connectivity index (χ2n) is 3.17. The monoisotopic (exact) mass is 200 g/mol. The van der Waals surface area contributed by atoms with Crippen LogP contribution in [0.2, 0.25) is 0 Å². The van der Waals surface area contributed by atoms with E-state index < -0.39 is 0 Å². The highest BCUT2D eigenvalue weighted by atomic mass is 16.5. The van der Waals surface area contributed by atoms with E-state index in [9.17, 15) is 4.79 Å². The molecule has 0 bridgehead atoms. The molecule has 0 atom stereocenters. The predicted octanol–water partition coefficient (Wildman–Crippen LogP) is 2.05. The van der Waals surface area contributed by atoms with E-state index in [0.29, 0.717) is 6.61 Å². The zero-order chi connectivity index (χ0) is 10.6. The Kier molecular flexibility index (Phi) is 9.64. The van der Waals surface area contributed by atoms with Crippen LogP contribution in [0.4, 0.5) is 0 Å². The van der Waals surface area contributed by atoms with E-state index in [0.717, 1.165) is 32.1 Å². The summed E-state index contributed by atoms with van der Waals surface area (Å²) in [7, 11) is 0. The molecular formula is C11H20O3. The molecule has 0 radical (unpaired) electrons. The molecule has 0 spiro atoms. The Morgan fingerprint density at radius 1 is 1.21 bits per heavy atom. The van der Waals surface area contributed by atoms with Crippen molar-refractivity contribution in [3.63, 3.8) is 0 Å². The lowest BCUT2D eigenvalue weighted by Crippen LogP contribution is -1.99. The molecule has 0 aliphatic rings. The van der Waals surface area contributed by atoms with E-state index in [1.54, 1.807) is 0 Å². The fourth-order valence-electron chi connectivity index (χ4n) is 1.07. The first kappa shape index (κ1) is 13.2. The van der Waals surface area contributed by atoms with Gasteiger partial charge in [-0.2, -0.15) is 0 Å². The van der Waals surface area contributed by atoms with Gasteiger partial charge in [-0.1, -0.05) is 12.2 Å². The van der Waals surface area contributed by atoms with Crippen LogP contribution in [0.3, 0.4) is 0 Å². The minimum Gasteiger partial charge on any atom is -0.466 e. The molecule has 0 saturated carbocycles. The second kappa shape index (κ2) is 10.3. The third-order valence-corrected chi connectivity index (χ3v) is 1.78. The van der Waals surface area contributed by atoms with E-state index in [-0.39, 0.29) is 12.6 Å². The quantitative estimate of drug-likeness (QED) is 0.370. The summed E-state index contributed by atoms with van der Waals surface area (Å²) < 4.78 is 4.80. The molecule has 0 aromatic heterocycles. The second-order valence-corrected chi connectivity index (χ2v) is 3.17. The third-order valence-electron chi connectivity index (χ3n) is 1.78. The summed E-state index contributed by atoms with van der Waals surface area (Å²) in [5.41, 5.74) is 0. The van der Waals surface area contributed by atoms with Gasteiger partial charge in [-0.05, 0) is 32.1 Å². The molecule has 14 heavy (non-hydrogen) atoms. The zero-order valence-electron chi connectivity index (χ0n) is 8.87. The maximum atomic E-state index is 10.4. The van der Waals surface area contributed by atoms with Crippen molar-refractivity contribution in [3.8, 4) is 0 Å². The lowest BCUT2D eigenvalue weighted by atomic mass is 10.2. The van der Waals surface area contributed by atoms with Crippen molar-refractivity contribution in [3.05, 3.63) is 12.2 Å². The molecular weight excluding hydrogens is 180 g/mol. The predicted molar refractivity (Wildman–Crippen MR) is 55.9 cm³/mol. The lowest BCUT2D eigenvalue weighted by Gasteiger charge is -2.00. The van der Waals surface area contributed by atoms with Crippen LogP contribution in [-0.4, -0.2) is 24.3 Å². The highest BCUT2D eigenvalue weighted by Gasteiger charge is 1.91. The Labute approximate surface area is 85.8 Å². The minimum absolute atomic E-state index is 0.201. The van der Waals surface area contributed by atoms with E-state index in [4.69, 9.17) is 9.84 Å². The number of hydrogen-bond donors (Lipinski definition) is 1. The first-order chi connectivity index (χ1) is 6.77. The van der Waals surface area contributed by atoms with Crippen LogP contribution in [0, 0.1) is 0 Å². The number of hydrogen-bond acceptors (Lipinski definition) is 3. The van der Waals surface area contributed by atoms with Crippen molar-refractivity contribution in [2.75, 3.05) is 13.2 Å².